The fourth-order valence-electron chi connectivity index (χ4n) is 7.58. The molecule has 5 saturated carbocycles. The number of hydrogen-bond donors (Lipinski definition) is 2. The van der Waals surface area contributed by atoms with Crippen LogP contribution in [-0.2, 0) is 19.8 Å². The molecule has 196 valence electrons. The Morgan fingerprint density at radius 1 is 1.03 bits per heavy atom. The molecule has 1 saturated heterocycles. The van der Waals surface area contributed by atoms with Crippen molar-refractivity contribution in [3.63, 3.8) is 0 Å². The zero-order valence-corrected chi connectivity index (χ0v) is 22.8. The van der Waals surface area contributed by atoms with E-state index in [1.165, 1.54) is 20.7 Å². The molecule has 1 heterocycles. The number of nitrogens with two attached hydrogens (primary N) is 1. The largest absolute Gasteiger partial charge is 0.369 e. The third-order valence-electron chi connectivity index (χ3n) is 9.23. The first-order valence-electron chi connectivity index (χ1n) is 12.4. The maximum absolute atomic E-state index is 13.7. The van der Waals surface area contributed by atoms with Gasteiger partial charge in [0.2, 0.25) is 11.8 Å². The number of halogens is 3. The maximum Gasteiger partial charge on any atom is 0.304 e. The van der Waals surface area contributed by atoms with Gasteiger partial charge < -0.3 is 11.1 Å². The normalized spacial score (nSPS) is 35.7. The average Bonchev–Trinajstić information content (AvgIpc) is 3.52. The van der Waals surface area contributed by atoms with E-state index < -0.39 is 15.6 Å². The van der Waals surface area contributed by atoms with Gasteiger partial charge in [-0.05, 0) is 74.8 Å². The van der Waals surface area contributed by atoms with Gasteiger partial charge in [0.1, 0.15) is 0 Å². The molecular formula is C24H29Cl3N4O4S. The summed E-state index contributed by atoms with van der Waals surface area (Å²) >= 11 is 18.8. The number of carbonyl (C=O) groups excluding carboxylic acids is 2. The van der Waals surface area contributed by atoms with Crippen LogP contribution in [0.25, 0.3) is 0 Å². The minimum Gasteiger partial charge on any atom is -0.369 e. The van der Waals surface area contributed by atoms with E-state index in [2.05, 4.69) is 5.32 Å². The van der Waals surface area contributed by atoms with Crippen molar-refractivity contribution in [2.24, 2.45) is 34.3 Å². The molecule has 2 amide bonds. The van der Waals surface area contributed by atoms with Gasteiger partial charge in [-0.2, -0.15) is 12.7 Å². The molecule has 0 aromatic heterocycles. The first kappa shape index (κ1) is 25.0. The molecule has 12 heteroatoms. The fourth-order valence-corrected chi connectivity index (χ4v) is 10.6. The Morgan fingerprint density at radius 2 is 1.64 bits per heavy atom. The van der Waals surface area contributed by atoms with Crippen LogP contribution in [0.2, 0.25) is 15.1 Å². The SMILES string of the molecule is NC(=O)[C@]12CC3CC(C1)[C@@H](NC(=O)CN1CC4(CC4)CN(c4c(Cl)cc(Cl)cc4Cl)S1(=O)=O)C(C3)C2. The van der Waals surface area contributed by atoms with Gasteiger partial charge in [0.15, 0.2) is 0 Å². The molecule has 2 unspecified atom stereocenters. The van der Waals surface area contributed by atoms with Crippen molar-refractivity contribution in [2.45, 2.75) is 51.0 Å². The van der Waals surface area contributed by atoms with Crippen molar-refractivity contribution in [3.8, 4) is 0 Å². The first-order valence-corrected chi connectivity index (χ1v) is 15.0. The van der Waals surface area contributed by atoms with E-state index in [1.54, 1.807) is 0 Å². The van der Waals surface area contributed by atoms with Crippen LogP contribution < -0.4 is 15.4 Å². The van der Waals surface area contributed by atoms with Gasteiger partial charge >= 0.3 is 10.2 Å². The second-order valence-corrected chi connectivity index (χ2v) is 14.8. The molecule has 7 rings (SSSR count). The molecule has 3 N–H and O–H groups in total. The van der Waals surface area contributed by atoms with Gasteiger partial charge in [-0.3, -0.25) is 13.9 Å². The van der Waals surface area contributed by atoms with E-state index in [1.807, 2.05) is 0 Å². The lowest BCUT2D eigenvalue weighted by Crippen LogP contribution is -2.63. The summed E-state index contributed by atoms with van der Waals surface area (Å²) in [6, 6.07) is 2.88. The van der Waals surface area contributed by atoms with Crippen LogP contribution in [0, 0.1) is 28.6 Å². The highest BCUT2D eigenvalue weighted by Crippen LogP contribution is 2.60. The molecule has 1 aromatic rings. The molecule has 8 nitrogen and oxygen atoms in total. The molecule has 36 heavy (non-hydrogen) atoms. The molecule has 2 atom stereocenters. The predicted octanol–water partition coefficient (Wildman–Crippen LogP) is 3.59. The van der Waals surface area contributed by atoms with Crippen LogP contribution in [0.1, 0.15) is 44.9 Å². The van der Waals surface area contributed by atoms with E-state index in [0.717, 1.165) is 32.1 Å². The smallest absolute Gasteiger partial charge is 0.304 e. The summed E-state index contributed by atoms with van der Waals surface area (Å²) in [4.78, 5) is 25.5. The lowest BCUT2D eigenvalue weighted by atomic mass is 9.47. The van der Waals surface area contributed by atoms with Crippen molar-refractivity contribution in [3.05, 3.63) is 27.2 Å². The highest BCUT2D eigenvalue weighted by atomic mass is 35.5. The Labute approximate surface area is 226 Å². The third kappa shape index (κ3) is 4.01. The zero-order valence-electron chi connectivity index (χ0n) is 19.7. The van der Waals surface area contributed by atoms with Gasteiger partial charge in [0.25, 0.3) is 0 Å². The van der Waals surface area contributed by atoms with Crippen LogP contribution >= 0.6 is 34.8 Å². The highest BCUT2D eigenvalue weighted by molar-refractivity contribution is 7.90. The first-order chi connectivity index (χ1) is 16.9. The monoisotopic (exact) mass is 574 g/mol. The number of anilines is 1. The highest BCUT2D eigenvalue weighted by Gasteiger charge is 2.59. The Kier molecular flexibility index (Phi) is 5.82. The second kappa shape index (κ2) is 8.37. The maximum atomic E-state index is 13.7. The van der Waals surface area contributed by atoms with Gasteiger partial charge in [-0.1, -0.05) is 34.8 Å². The Balaban J connectivity index is 1.21. The van der Waals surface area contributed by atoms with Crippen LogP contribution in [0.3, 0.4) is 0 Å². The molecule has 0 radical (unpaired) electrons. The van der Waals surface area contributed by atoms with Crippen molar-refractivity contribution < 1.29 is 18.0 Å². The molecule has 4 bridgehead atoms. The minimum atomic E-state index is -4.05. The van der Waals surface area contributed by atoms with E-state index in [-0.39, 0.29) is 70.5 Å². The lowest BCUT2D eigenvalue weighted by molar-refractivity contribution is -0.147. The van der Waals surface area contributed by atoms with E-state index in [4.69, 9.17) is 40.5 Å². The molecule has 1 aromatic carbocycles. The predicted molar refractivity (Wildman–Crippen MR) is 138 cm³/mol. The van der Waals surface area contributed by atoms with Crippen molar-refractivity contribution in [2.75, 3.05) is 23.9 Å². The second-order valence-electron chi connectivity index (χ2n) is 11.7. The molecule has 6 aliphatic rings. The summed E-state index contributed by atoms with van der Waals surface area (Å²) in [5.41, 5.74) is 5.31. The van der Waals surface area contributed by atoms with Crippen LogP contribution in [-0.4, -0.2) is 50.2 Å². The topological polar surface area (TPSA) is 113 Å². The van der Waals surface area contributed by atoms with E-state index in [0.29, 0.717) is 23.8 Å². The van der Waals surface area contributed by atoms with Crippen molar-refractivity contribution in [1.82, 2.24) is 9.62 Å². The standard InChI is InChI=1S/C24H29Cl3N4O4S/c25-16-5-17(26)21(18(27)6-16)31-12-23(1-2-23)11-30(36(31,34)35)10-19(32)29-20-14-3-13-4-15(20)9-24(7-13,8-14)22(28)33/h5-6,13-15,20H,1-4,7-12H2,(H2,28,33)(H,29,32)/t13?,14?,15?,20-,24-. The fraction of sp³-hybridized carbons (Fsp3) is 0.667. The number of primary amides is 1. The summed E-state index contributed by atoms with van der Waals surface area (Å²) < 4.78 is 29.8. The average molecular weight is 576 g/mol. The summed E-state index contributed by atoms with van der Waals surface area (Å²) in [6.45, 7) is 0.272. The van der Waals surface area contributed by atoms with Crippen LogP contribution in [0.4, 0.5) is 5.69 Å². The summed E-state index contributed by atoms with van der Waals surface area (Å²) in [5, 5.41) is 3.76. The quantitative estimate of drug-likeness (QED) is 0.559. The molecule has 1 spiro atoms. The van der Waals surface area contributed by atoms with E-state index >= 15 is 0 Å². The van der Waals surface area contributed by atoms with Crippen LogP contribution in [0.5, 0.6) is 0 Å². The zero-order chi connectivity index (χ0) is 25.6. The summed E-state index contributed by atoms with van der Waals surface area (Å²) in [7, 11) is -4.05. The number of amides is 2. The van der Waals surface area contributed by atoms with E-state index in [9.17, 15) is 18.0 Å². The number of carbonyl (C=O) groups is 2. The summed E-state index contributed by atoms with van der Waals surface area (Å²) in [6.07, 6.45) is 5.94. The number of hydrogen-bond acceptors (Lipinski definition) is 4. The van der Waals surface area contributed by atoms with Crippen LogP contribution in [0.15, 0.2) is 12.1 Å². The Morgan fingerprint density at radius 3 is 2.19 bits per heavy atom. The Bertz CT molecular complexity index is 1210. The number of rotatable bonds is 5. The number of nitrogens with zero attached hydrogens (tertiary/aromatic N) is 2. The van der Waals surface area contributed by atoms with Gasteiger partial charge in [-0.15, -0.1) is 0 Å². The van der Waals surface area contributed by atoms with Crippen molar-refractivity contribution >= 4 is 62.5 Å². The lowest BCUT2D eigenvalue weighted by Gasteiger charge is -2.58. The number of benzene rings is 1. The minimum absolute atomic E-state index is 0.0554. The van der Waals surface area contributed by atoms with Gasteiger partial charge in [-0.25, -0.2) is 0 Å². The molecule has 5 aliphatic carbocycles. The molecule has 1 aliphatic heterocycles. The number of nitrogens with one attached hydrogen (secondary N) is 1. The van der Waals surface area contributed by atoms with Crippen molar-refractivity contribution in [1.29, 1.82) is 0 Å². The summed E-state index contributed by atoms with van der Waals surface area (Å²) in [5.74, 6) is 0.325. The Hall–Kier alpha value is -1.26. The van der Waals surface area contributed by atoms with Gasteiger partial charge in [0, 0.05) is 35.0 Å². The van der Waals surface area contributed by atoms with Gasteiger partial charge in [0.05, 0.1) is 22.3 Å². The molecule has 6 fully saturated rings. The molecular weight excluding hydrogens is 547 g/mol. The third-order valence-corrected chi connectivity index (χ3v) is 11.8.